The highest BCUT2D eigenvalue weighted by Gasteiger charge is 2.46. The van der Waals surface area contributed by atoms with Gasteiger partial charge in [0, 0.05) is 5.56 Å². The summed E-state index contributed by atoms with van der Waals surface area (Å²) >= 11 is 5.75. The zero-order valence-electron chi connectivity index (χ0n) is 23.0. The van der Waals surface area contributed by atoms with E-state index >= 15 is 0 Å². The molecule has 0 radical (unpaired) electrons. The van der Waals surface area contributed by atoms with Crippen molar-refractivity contribution in [2.45, 2.75) is 51.0 Å². The highest BCUT2D eigenvalue weighted by molar-refractivity contribution is 6.31. The van der Waals surface area contributed by atoms with E-state index < -0.39 is 76.8 Å². The molecule has 232 valence electrons. The molecule has 0 spiro atoms. The number of rotatable bonds is 14. The number of hydrogen-bond donors (Lipinski definition) is 4. The minimum Gasteiger partial charge on any atom is -0.497 e. The number of Topliss-reactive ketones (excluding diaryl/α,β-unsaturated/α-hetero) is 1. The molecule has 0 saturated carbocycles. The lowest BCUT2D eigenvalue weighted by atomic mass is 9.98. The van der Waals surface area contributed by atoms with Crippen LogP contribution in [0, 0.1) is 5.92 Å². The zero-order chi connectivity index (χ0) is 32.4. The van der Waals surface area contributed by atoms with Gasteiger partial charge in [-0.3, -0.25) is 19.2 Å². The number of allylic oxidation sites excluding steroid dienone is 2. The minimum atomic E-state index is -5.30. The Labute approximate surface area is 243 Å². The number of alkyl halides is 5. The van der Waals surface area contributed by atoms with Gasteiger partial charge in [-0.2, -0.15) is 22.0 Å². The number of aliphatic hydroxyl groups excluding tert-OH is 1. The second kappa shape index (κ2) is 15.4. The Morgan fingerprint density at radius 2 is 1.62 bits per heavy atom. The third kappa shape index (κ3) is 9.65. The number of carbonyl (C=O) groups is 4. The van der Waals surface area contributed by atoms with Crippen LogP contribution in [0.2, 0.25) is 5.02 Å². The van der Waals surface area contributed by atoms with Crippen LogP contribution in [-0.2, 0) is 29.8 Å². The highest BCUT2D eigenvalue weighted by atomic mass is 35.5. The van der Waals surface area contributed by atoms with Gasteiger partial charge in [0.15, 0.2) is 0 Å². The van der Waals surface area contributed by atoms with Crippen LogP contribution in [0.4, 0.5) is 22.0 Å². The number of aliphatic hydroxyl groups is 1. The lowest BCUT2D eigenvalue weighted by Gasteiger charge is -2.27. The number of amides is 3. The third-order valence-corrected chi connectivity index (χ3v) is 6.06. The molecule has 0 heterocycles. The zero-order valence-corrected chi connectivity index (χ0v) is 23.8. The summed E-state index contributed by atoms with van der Waals surface area (Å²) in [4.78, 5) is 50.3. The number of carbonyl (C=O) groups excluding carboxylic acids is 4. The molecule has 15 heteroatoms. The molecule has 0 aliphatic carbocycles. The first-order valence-corrected chi connectivity index (χ1v) is 12.6. The summed E-state index contributed by atoms with van der Waals surface area (Å²) in [5.41, 5.74) is -1.13. The van der Waals surface area contributed by atoms with Gasteiger partial charge in [-0.15, -0.1) is 0 Å². The van der Waals surface area contributed by atoms with E-state index in [1.54, 1.807) is 12.2 Å². The molecule has 4 N–H and O–H groups in total. The first-order chi connectivity index (χ1) is 19.4. The third-order valence-electron chi connectivity index (χ3n) is 5.73. The molecule has 3 atom stereocenters. The quantitative estimate of drug-likeness (QED) is 0.143. The summed E-state index contributed by atoms with van der Waals surface area (Å²) < 4.78 is 74.0. The number of nitrogens with one attached hydrogen (secondary N) is 3. The molecule has 1 aromatic carbocycles. The Bertz CT molecular complexity index is 1230. The number of ether oxygens (including phenoxy) is 1. The average Bonchev–Trinajstić information content (AvgIpc) is 2.92. The second-order valence-corrected chi connectivity index (χ2v) is 9.51. The topological polar surface area (TPSA) is 134 Å². The van der Waals surface area contributed by atoms with Crippen molar-refractivity contribution in [3.63, 3.8) is 0 Å². The summed E-state index contributed by atoms with van der Waals surface area (Å²) in [6.07, 6.45) is -1.33. The van der Waals surface area contributed by atoms with Crippen LogP contribution in [-0.4, -0.2) is 66.6 Å². The largest absolute Gasteiger partial charge is 0.497 e. The molecule has 0 aromatic heterocycles. The van der Waals surface area contributed by atoms with Gasteiger partial charge in [-0.25, -0.2) is 0 Å². The van der Waals surface area contributed by atoms with Crippen LogP contribution in [0.25, 0.3) is 0 Å². The van der Waals surface area contributed by atoms with E-state index in [2.05, 4.69) is 11.9 Å². The van der Waals surface area contributed by atoms with Crippen LogP contribution in [0.15, 0.2) is 60.4 Å². The second-order valence-electron chi connectivity index (χ2n) is 9.10. The molecule has 0 aliphatic heterocycles. The maximum Gasteiger partial charge on any atom is 0.452 e. The predicted molar refractivity (Wildman–Crippen MR) is 143 cm³/mol. The first-order valence-electron chi connectivity index (χ1n) is 12.3. The van der Waals surface area contributed by atoms with Crippen LogP contribution in [0.5, 0.6) is 0 Å². The summed E-state index contributed by atoms with van der Waals surface area (Å²) in [5, 5.41) is 14.9. The molecule has 1 aromatic rings. The van der Waals surface area contributed by atoms with Crippen molar-refractivity contribution in [1.29, 1.82) is 0 Å². The monoisotopic (exact) mass is 623 g/mol. The van der Waals surface area contributed by atoms with Crippen molar-refractivity contribution >= 4 is 35.1 Å². The van der Waals surface area contributed by atoms with E-state index in [1.807, 2.05) is 5.32 Å². The fourth-order valence-corrected chi connectivity index (χ4v) is 3.62. The van der Waals surface area contributed by atoms with Crippen molar-refractivity contribution in [2.24, 2.45) is 5.92 Å². The molecule has 0 fully saturated rings. The number of methoxy groups -OCH3 is 1. The minimum absolute atomic E-state index is 0.247. The van der Waals surface area contributed by atoms with Gasteiger partial charge in [-0.05, 0) is 36.6 Å². The van der Waals surface area contributed by atoms with Gasteiger partial charge in [0.05, 0.1) is 24.8 Å². The maximum absolute atomic E-state index is 14.8. The van der Waals surface area contributed by atoms with Crippen LogP contribution >= 0.6 is 11.6 Å². The van der Waals surface area contributed by atoms with Crippen molar-refractivity contribution < 1.29 is 51.0 Å². The number of ketones is 1. The van der Waals surface area contributed by atoms with Gasteiger partial charge in [0.1, 0.15) is 17.8 Å². The number of halogens is 6. The van der Waals surface area contributed by atoms with Crippen molar-refractivity contribution in [3.05, 3.63) is 71.0 Å². The molecule has 42 heavy (non-hydrogen) atoms. The smallest absolute Gasteiger partial charge is 0.452 e. The van der Waals surface area contributed by atoms with E-state index in [0.29, 0.717) is 0 Å². The molecule has 0 unspecified atom stereocenters. The standard InChI is InChI=1S/C27H31ClF5N3O6/c1-6-16(42-5)12-11-15(4)21(24(40)35-20(14(2)3)22(38)27(31,32)33)36-23(39)19(13-37)34-25(41)26(29,30)17-9-7-8-10-18(17)28/h6-12,14,19-21,37H,4,13H2,1-3,5H3,(H,34,41)(H,35,40)(H,36,39)/b12-11-,16-6+/t19-,20-,21-/m0/s1. The highest BCUT2D eigenvalue weighted by Crippen LogP contribution is 2.33. The Morgan fingerprint density at radius 3 is 2.10 bits per heavy atom. The molecule has 0 saturated heterocycles. The molecular formula is C27H31ClF5N3O6. The van der Waals surface area contributed by atoms with Gasteiger partial charge >= 0.3 is 12.1 Å². The summed E-state index contributed by atoms with van der Waals surface area (Å²) in [5.74, 6) is -12.0. The van der Waals surface area contributed by atoms with Crippen molar-refractivity contribution in [1.82, 2.24) is 16.0 Å². The number of benzene rings is 1. The fourth-order valence-electron chi connectivity index (χ4n) is 3.37. The van der Waals surface area contributed by atoms with Crippen molar-refractivity contribution in [2.75, 3.05) is 13.7 Å². The summed E-state index contributed by atoms with van der Waals surface area (Å²) in [7, 11) is 1.32. The van der Waals surface area contributed by atoms with Gasteiger partial charge < -0.3 is 25.8 Å². The molecule has 9 nitrogen and oxygen atoms in total. The summed E-state index contributed by atoms with van der Waals surface area (Å²) in [6.45, 7) is 6.47. The lowest BCUT2D eigenvalue weighted by molar-refractivity contribution is -0.175. The predicted octanol–water partition coefficient (Wildman–Crippen LogP) is 3.33. The Kier molecular flexibility index (Phi) is 13.3. The fraction of sp³-hybridized carbons (Fsp3) is 0.407. The molecule has 0 aliphatic rings. The maximum atomic E-state index is 14.8. The Balaban J connectivity index is 3.33. The average molecular weight is 624 g/mol. The van der Waals surface area contributed by atoms with E-state index in [1.165, 1.54) is 45.2 Å². The van der Waals surface area contributed by atoms with Gasteiger partial charge in [-0.1, -0.05) is 56.3 Å². The summed E-state index contributed by atoms with van der Waals surface area (Å²) in [6, 6.07) is -1.48. The SMILES string of the molecule is C=C(/C=C\C(=C/C)OC)[C@H](NC(=O)[C@H](CO)NC(=O)C(F)(F)c1ccccc1Cl)C(=O)N[C@H](C(=O)C(F)(F)F)C(C)C. The molecule has 0 bridgehead atoms. The Morgan fingerprint density at radius 1 is 1.02 bits per heavy atom. The normalized spacial score (nSPS) is 14.6. The van der Waals surface area contributed by atoms with Gasteiger partial charge in [0.2, 0.25) is 11.8 Å². The van der Waals surface area contributed by atoms with Gasteiger partial charge in [0.25, 0.3) is 11.7 Å². The van der Waals surface area contributed by atoms with Crippen LogP contribution < -0.4 is 16.0 Å². The van der Waals surface area contributed by atoms with Crippen LogP contribution in [0.1, 0.15) is 26.3 Å². The first kappa shape index (κ1) is 36.2. The van der Waals surface area contributed by atoms with Crippen LogP contribution in [0.3, 0.4) is 0 Å². The Hall–Kier alpha value is -3.78. The van der Waals surface area contributed by atoms with E-state index in [9.17, 15) is 46.2 Å². The molecule has 1 rings (SSSR count). The molecular weight excluding hydrogens is 593 g/mol. The van der Waals surface area contributed by atoms with E-state index in [0.717, 1.165) is 18.2 Å². The van der Waals surface area contributed by atoms with E-state index in [4.69, 9.17) is 16.3 Å². The van der Waals surface area contributed by atoms with Crippen molar-refractivity contribution in [3.8, 4) is 0 Å². The van der Waals surface area contributed by atoms with E-state index in [-0.39, 0.29) is 11.3 Å². The number of hydrogen-bond acceptors (Lipinski definition) is 6. The lowest BCUT2D eigenvalue weighted by Crippen LogP contribution is -2.59. The molecule has 3 amide bonds.